The average Bonchev–Trinajstić information content (AvgIpc) is 2.46. The highest BCUT2D eigenvalue weighted by molar-refractivity contribution is 5.77. The van der Waals surface area contributed by atoms with Crippen LogP contribution in [0.25, 0.3) is 0 Å². The van der Waals surface area contributed by atoms with E-state index in [0.717, 1.165) is 0 Å². The van der Waals surface area contributed by atoms with Gasteiger partial charge in [-0.2, -0.15) is 0 Å². The molecule has 1 aromatic carbocycles. The second-order valence-electron chi connectivity index (χ2n) is 4.65. The number of benzene rings is 1. The Morgan fingerprint density at radius 3 is 2.68 bits per heavy atom. The molecule has 2 rings (SSSR count). The number of amides is 1. The monoisotopic (exact) mass is 266 g/mol. The predicted molar refractivity (Wildman–Crippen MR) is 70.2 cm³/mol. The summed E-state index contributed by atoms with van der Waals surface area (Å²) in [5, 5.41) is 0. The molecule has 2 N–H and O–H groups in total. The van der Waals surface area contributed by atoms with E-state index in [1.54, 1.807) is 23.1 Å². The molecule has 0 aliphatic carbocycles. The van der Waals surface area contributed by atoms with Crippen LogP contribution in [0.5, 0.6) is 0 Å². The van der Waals surface area contributed by atoms with Gasteiger partial charge in [-0.25, -0.2) is 4.39 Å². The molecule has 4 nitrogen and oxygen atoms in total. The fourth-order valence-electron chi connectivity index (χ4n) is 2.28. The number of nitrogens with zero attached hydrogens (tertiary/aromatic N) is 1. The Kier molecular flexibility index (Phi) is 4.87. The summed E-state index contributed by atoms with van der Waals surface area (Å²) in [6.45, 7) is 2.61. The fraction of sp³-hybridized carbons (Fsp3) is 0.500. The second-order valence-corrected chi connectivity index (χ2v) is 4.65. The molecule has 104 valence electrons. The van der Waals surface area contributed by atoms with Crippen LogP contribution in [-0.2, 0) is 9.53 Å². The van der Waals surface area contributed by atoms with Crippen molar-refractivity contribution in [2.24, 2.45) is 5.73 Å². The van der Waals surface area contributed by atoms with Crippen molar-refractivity contribution in [1.82, 2.24) is 4.90 Å². The number of halogens is 1. The minimum atomic E-state index is -0.298. The molecule has 1 amide bonds. The van der Waals surface area contributed by atoms with Gasteiger partial charge in [0.25, 0.3) is 0 Å². The van der Waals surface area contributed by atoms with Crippen LogP contribution in [0.2, 0.25) is 0 Å². The maximum atomic E-state index is 13.7. The zero-order chi connectivity index (χ0) is 13.7. The van der Waals surface area contributed by atoms with Crippen LogP contribution in [0.3, 0.4) is 0 Å². The van der Waals surface area contributed by atoms with Crippen LogP contribution in [0.15, 0.2) is 24.3 Å². The van der Waals surface area contributed by atoms with E-state index in [9.17, 15) is 9.18 Å². The second kappa shape index (κ2) is 6.63. The largest absolute Gasteiger partial charge is 0.378 e. The standard InChI is InChI=1S/C14H19FN2O2/c15-13-4-2-1-3-12(13)11(10-16)9-14(18)17-5-7-19-8-6-17/h1-4,11H,5-10,16H2. The van der Waals surface area contributed by atoms with Gasteiger partial charge in [-0.15, -0.1) is 0 Å². The summed E-state index contributed by atoms with van der Waals surface area (Å²) in [5.74, 6) is -0.550. The van der Waals surface area contributed by atoms with Gasteiger partial charge in [0.15, 0.2) is 0 Å². The first-order valence-electron chi connectivity index (χ1n) is 6.52. The molecule has 1 aliphatic heterocycles. The molecule has 5 heteroatoms. The smallest absolute Gasteiger partial charge is 0.223 e. The van der Waals surface area contributed by atoms with E-state index < -0.39 is 0 Å². The minimum Gasteiger partial charge on any atom is -0.378 e. The van der Waals surface area contributed by atoms with Crippen molar-refractivity contribution in [3.63, 3.8) is 0 Å². The summed E-state index contributed by atoms with van der Waals surface area (Å²) in [6, 6.07) is 6.49. The maximum absolute atomic E-state index is 13.7. The Bertz CT molecular complexity index is 433. The molecule has 0 radical (unpaired) electrons. The highest BCUT2D eigenvalue weighted by Crippen LogP contribution is 2.22. The predicted octanol–water partition coefficient (Wildman–Crippen LogP) is 1.12. The van der Waals surface area contributed by atoms with Gasteiger partial charge in [-0.05, 0) is 18.2 Å². The number of hydrogen-bond donors (Lipinski definition) is 1. The van der Waals surface area contributed by atoms with Gasteiger partial charge in [0.05, 0.1) is 13.2 Å². The zero-order valence-electron chi connectivity index (χ0n) is 10.8. The van der Waals surface area contributed by atoms with Gasteiger partial charge >= 0.3 is 0 Å². The van der Waals surface area contributed by atoms with Crippen LogP contribution < -0.4 is 5.73 Å². The maximum Gasteiger partial charge on any atom is 0.223 e. The van der Waals surface area contributed by atoms with Gasteiger partial charge in [0.2, 0.25) is 5.91 Å². The van der Waals surface area contributed by atoms with Crippen molar-refractivity contribution in [3.8, 4) is 0 Å². The van der Waals surface area contributed by atoms with E-state index in [4.69, 9.17) is 10.5 Å². The van der Waals surface area contributed by atoms with Gasteiger partial charge in [0, 0.05) is 25.4 Å². The lowest BCUT2D eigenvalue weighted by molar-refractivity contribution is -0.135. The van der Waals surface area contributed by atoms with Crippen molar-refractivity contribution >= 4 is 5.91 Å². The molecule has 1 heterocycles. The van der Waals surface area contributed by atoms with Crippen molar-refractivity contribution in [3.05, 3.63) is 35.6 Å². The van der Waals surface area contributed by atoms with Gasteiger partial charge < -0.3 is 15.4 Å². The molecule has 0 spiro atoms. The van der Waals surface area contributed by atoms with E-state index in [1.807, 2.05) is 0 Å². The number of ether oxygens (including phenoxy) is 1. The van der Waals surface area contributed by atoms with Crippen LogP contribution >= 0.6 is 0 Å². The first-order valence-corrected chi connectivity index (χ1v) is 6.52. The van der Waals surface area contributed by atoms with E-state index in [1.165, 1.54) is 6.07 Å². The highest BCUT2D eigenvalue weighted by atomic mass is 19.1. The third kappa shape index (κ3) is 3.52. The van der Waals surface area contributed by atoms with Crippen molar-refractivity contribution in [1.29, 1.82) is 0 Å². The molecule has 1 aromatic rings. The molecule has 1 fully saturated rings. The summed E-state index contributed by atoms with van der Waals surface area (Å²) < 4.78 is 18.9. The number of rotatable bonds is 4. The number of carbonyl (C=O) groups is 1. The van der Waals surface area contributed by atoms with Gasteiger partial charge in [0.1, 0.15) is 5.82 Å². The fourth-order valence-corrected chi connectivity index (χ4v) is 2.28. The van der Waals surface area contributed by atoms with E-state index in [2.05, 4.69) is 0 Å². The first-order chi connectivity index (χ1) is 9.22. The van der Waals surface area contributed by atoms with Crippen LogP contribution in [-0.4, -0.2) is 43.7 Å². The van der Waals surface area contributed by atoms with Gasteiger partial charge in [-0.3, -0.25) is 4.79 Å². The Morgan fingerprint density at radius 1 is 1.37 bits per heavy atom. The molecule has 0 bridgehead atoms. The Labute approximate surface area is 112 Å². The lowest BCUT2D eigenvalue weighted by Gasteiger charge is -2.28. The quantitative estimate of drug-likeness (QED) is 0.888. The summed E-state index contributed by atoms with van der Waals surface area (Å²) in [7, 11) is 0. The molecule has 19 heavy (non-hydrogen) atoms. The van der Waals surface area contributed by atoms with Crippen molar-refractivity contribution in [2.75, 3.05) is 32.8 Å². The van der Waals surface area contributed by atoms with Crippen LogP contribution in [0, 0.1) is 5.82 Å². The third-order valence-electron chi connectivity index (χ3n) is 3.41. The molecular weight excluding hydrogens is 247 g/mol. The number of morpholine rings is 1. The highest BCUT2D eigenvalue weighted by Gasteiger charge is 2.22. The summed E-state index contributed by atoms with van der Waals surface area (Å²) in [5.41, 5.74) is 6.21. The molecule has 0 saturated carbocycles. The van der Waals surface area contributed by atoms with Gasteiger partial charge in [-0.1, -0.05) is 18.2 Å². The molecule has 0 aromatic heterocycles. The Hall–Kier alpha value is -1.46. The normalized spacial score (nSPS) is 17.3. The molecule has 1 unspecified atom stereocenters. The van der Waals surface area contributed by atoms with Crippen molar-refractivity contribution in [2.45, 2.75) is 12.3 Å². The minimum absolute atomic E-state index is 0.0157. The molecule has 1 atom stereocenters. The zero-order valence-corrected chi connectivity index (χ0v) is 10.8. The van der Waals surface area contributed by atoms with E-state index in [-0.39, 0.29) is 30.6 Å². The Balaban J connectivity index is 2.02. The topological polar surface area (TPSA) is 55.6 Å². The van der Waals surface area contributed by atoms with E-state index in [0.29, 0.717) is 31.9 Å². The molecular formula is C14H19FN2O2. The number of hydrogen-bond acceptors (Lipinski definition) is 3. The van der Waals surface area contributed by atoms with Crippen molar-refractivity contribution < 1.29 is 13.9 Å². The molecule has 1 aliphatic rings. The number of carbonyl (C=O) groups excluding carboxylic acids is 1. The lowest BCUT2D eigenvalue weighted by Crippen LogP contribution is -2.41. The molecule has 1 saturated heterocycles. The number of nitrogens with two attached hydrogens (primary N) is 1. The third-order valence-corrected chi connectivity index (χ3v) is 3.41. The Morgan fingerprint density at radius 2 is 2.05 bits per heavy atom. The summed E-state index contributed by atoms with van der Waals surface area (Å²) in [6.07, 6.45) is 0.247. The van der Waals surface area contributed by atoms with Crippen LogP contribution in [0.4, 0.5) is 4.39 Å². The average molecular weight is 266 g/mol. The first kappa shape index (κ1) is 14.0. The summed E-state index contributed by atoms with van der Waals surface area (Å²) in [4.78, 5) is 13.9. The SMILES string of the molecule is NCC(CC(=O)N1CCOCC1)c1ccccc1F. The summed E-state index contributed by atoms with van der Waals surface area (Å²) >= 11 is 0. The van der Waals surface area contributed by atoms with E-state index >= 15 is 0 Å². The lowest BCUT2D eigenvalue weighted by atomic mass is 9.94. The van der Waals surface area contributed by atoms with Crippen LogP contribution in [0.1, 0.15) is 17.9 Å².